The number of nitrogens with zero attached hydrogens (tertiary/aromatic N) is 2. The quantitative estimate of drug-likeness (QED) is 0.655. The third-order valence-corrected chi connectivity index (χ3v) is 2.22. The van der Waals surface area contributed by atoms with Crippen molar-refractivity contribution in [2.24, 2.45) is 0 Å². The van der Waals surface area contributed by atoms with Crippen molar-refractivity contribution in [1.29, 1.82) is 0 Å². The van der Waals surface area contributed by atoms with Gasteiger partial charge in [-0.2, -0.15) is 0 Å². The fourth-order valence-corrected chi connectivity index (χ4v) is 1.53. The number of hydrogen-bond donors (Lipinski definition) is 0. The van der Waals surface area contributed by atoms with E-state index in [1.165, 1.54) is 25.1 Å². The highest BCUT2D eigenvalue weighted by Gasteiger charge is 2.11. The van der Waals surface area contributed by atoms with E-state index in [4.69, 9.17) is 0 Å². The standard InChI is InChI=1S/C10H12FN2/c11-9-4-5-10(12-8-9)13-6-2-1-3-7-13/h2,4-5,8H,1,3,6-7H2. The van der Waals surface area contributed by atoms with Crippen LogP contribution in [0.5, 0.6) is 0 Å². The second-order valence-corrected chi connectivity index (χ2v) is 3.21. The van der Waals surface area contributed by atoms with E-state index >= 15 is 0 Å². The molecule has 0 N–H and O–H groups in total. The molecule has 2 rings (SSSR count). The largest absolute Gasteiger partial charge is 0.356 e. The predicted molar refractivity (Wildman–Crippen MR) is 49.9 cm³/mol. The normalized spacial score (nSPS) is 17.5. The first-order valence-electron chi connectivity index (χ1n) is 4.54. The number of halogens is 1. The Labute approximate surface area is 77.4 Å². The molecule has 0 unspecified atom stereocenters. The van der Waals surface area contributed by atoms with E-state index < -0.39 is 0 Å². The molecule has 0 aromatic carbocycles. The average Bonchev–Trinajstić information content (AvgIpc) is 2.20. The summed E-state index contributed by atoms with van der Waals surface area (Å²) in [6.45, 7) is 1.95. The maximum absolute atomic E-state index is 12.6. The van der Waals surface area contributed by atoms with Crippen molar-refractivity contribution in [2.75, 3.05) is 18.0 Å². The molecule has 1 aromatic rings. The maximum atomic E-state index is 12.6. The van der Waals surface area contributed by atoms with Crippen LogP contribution in [0.1, 0.15) is 12.8 Å². The van der Waals surface area contributed by atoms with Crippen LogP contribution in [0.25, 0.3) is 0 Å². The van der Waals surface area contributed by atoms with E-state index in [9.17, 15) is 4.39 Å². The molecule has 0 bridgehead atoms. The molecule has 0 atom stereocenters. The number of aromatic nitrogens is 1. The van der Waals surface area contributed by atoms with Crippen LogP contribution >= 0.6 is 0 Å². The van der Waals surface area contributed by atoms with Gasteiger partial charge in [-0.15, -0.1) is 0 Å². The third kappa shape index (κ3) is 1.97. The molecular formula is C10H12FN2. The van der Waals surface area contributed by atoms with Gasteiger partial charge in [-0.25, -0.2) is 9.37 Å². The van der Waals surface area contributed by atoms with E-state index in [2.05, 4.69) is 16.3 Å². The SMILES string of the molecule is Fc1ccc(N2C[CH]CCC2)nc1. The minimum atomic E-state index is -0.273. The highest BCUT2D eigenvalue weighted by atomic mass is 19.1. The topological polar surface area (TPSA) is 16.1 Å². The molecule has 1 saturated heterocycles. The van der Waals surface area contributed by atoms with Crippen molar-refractivity contribution < 1.29 is 4.39 Å². The first kappa shape index (κ1) is 8.48. The van der Waals surface area contributed by atoms with Crippen molar-refractivity contribution in [2.45, 2.75) is 12.8 Å². The second-order valence-electron chi connectivity index (χ2n) is 3.21. The summed E-state index contributed by atoms with van der Waals surface area (Å²) in [7, 11) is 0. The van der Waals surface area contributed by atoms with Crippen LogP contribution < -0.4 is 4.90 Å². The molecule has 0 amide bonds. The Morgan fingerprint density at radius 2 is 2.31 bits per heavy atom. The van der Waals surface area contributed by atoms with Crippen LogP contribution in [0.15, 0.2) is 18.3 Å². The number of pyridine rings is 1. The van der Waals surface area contributed by atoms with Gasteiger partial charge in [0, 0.05) is 13.1 Å². The van der Waals surface area contributed by atoms with Gasteiger partial charge in [-0.05, 0) is 31.4 Å². The second kappa shape index (κ2) is 3.73. The van der Waals surface area contributed by atoms with E-state index in [1.807, 2.05) is 0 Å². The molecule has 0 saturated carbocycles. The zero-order chi connectivity index (χ0) is 9.10. The van der Waals surface area contributed by atoms with Gasteiger partial charge in [-0.3, -0.25) is 0 Å². The minimum absolute atomic E-state index is 0.273. The van der Waals surface area contributed by atoms with Gasteiger partial charge in [0.2, 0.25) is 0 Å². The number of rotatable bonds is 1. The summed E-state index contributed by atoms with van der Waals surface area (Å²) >= 11 is 0. The summed E-state index contributed by atoms with van der Waals surface area (Å²) in [6.07, 6.45) is 5.84. The van der Waals surface area contributed by atoms with E-state index in [-0.39, 0.29) is 5.82 Å². The fraction of sp³-hybridized carbons (Fsp3) is 0.400. The maximum Gasteiger partial charge on any atom is 0.141 e. The Hall–Kier alpha value is -1.12. The highest BCUT2D eigenvalue weighted by molar-refractivity contribution is 5.38. The summed E-state index contributed by atoms with van der Waals surface area (Å²) in [5, 5.41) is 0. The van der Waals surface area contributed by atoms with Crippen molar-refractivity contribution in [3.8, 4) is 0 Å². The fourth-order valence-electron chi connectivity index (χ4n) is 1.53. The summed E-state index contributed by atoms with van der Waals surface area (Å²) in [6, 6.07) is 3.19. The Bertz CT molecular complexity index is 265. The average molecular weight is 179 g/mol. The smallest absolute Gasteiger partial charge is 0.141 e. The Kier molecular flexibility index (Phi) is 2.43. The van der Waals surface area contributed by atoms with E-state index in [1.54, 1.807) is 6.07 Å². The predicted octanol–water partition coefficient (Wildman–Crippen LogP) is 2.03. The molecule has 0 aliphatic carbocycles. The summed E-state index contributed by atoms with van der Waals surface area (Å²) in [5.74, 6) is 0.599. The lowest BCUT2D eigenvalue weighted by atomic mass is 10.1. The molecule has 2 heterocycles. The first-order valence-corrected chi connectivity index (χ1v) is 4.54. The lowest BCUT2D eigenvalue weighted by Gasteiger charge is -2.27. The van der Waals surface area contributed by atoms with Gasteiger partial charge in [0.1, 0.15) is 11.6 Å². The zero-order valence-corrected chi connectivity index (χ0v) is 7.41. The molecule has 2 nitrogen and oxygen atoms in total. The van der Waals surface area contributed by atoms with Crippen LogP contribution in [0.3, 0.4) is 0 Å². The zero-order valence-electron chi connectivity index (χ0n) is 7.41. The van der Waals surface area contributed by atoms with Crippen LogP contribution in [0.4, 0.5) is 10.2 Å². The van der Waals surface area contributed by atoms with Crippen molar-refractivity contribution >= 4 is 5.82 Å². The van der Waals surface area contributed by atoms with Crippen LogP contribution in [0, 0.1) is 12.2 Å². The lowest BCUT2D eigenvalue weighted by molar-refractivity contribution is 0.617. The van der Waals surface area contributed by atoms with Crippen molar-refractivity contribution in [3.63, 3.8) is 0 Å². The van der Waals surface area contributed by atoms with Gasteiger partial charge >= 0.3 is 0 Å². The Morgan fingerprint density at radius 3 is 2.92 bits per heavy atom. The molecule has 1 aromatic heterocycles. The van der Waals surface area contributed by atoms with E-state index in [0.29, 0.717) is 0 Å². The summed E-state index contributed by atoms with van der Waals surface area (Å²) < 4.78 is 12.6. The molecule has 1 aliphatic heterocycles. The van der Waals surface area contributed by atoms with Gasteiger partial charge in [0.05, 0.1) is 6.20 Å². The molecular weight excluding hydrogens is 167 g/mol. The van der Waals surface area contributed by atoms with Crippen LogP contribution in [0.2, 0.25) is 0 Å². The van der Waals surface area contributed by atoms with Gasteiger partial charge < -0.3 is 4.90 Å². The van der Waals surface area contributed by atoms with Crippen LogP contribution in [-0.2, 0) is 0 Å². The molecule has 1 aliphatic rings. The lowest BCUT2D eigenvalue weighted by Crippen LogP contribution is -2.30. The van der Waals surface area contributed by atoms with Gasteiger partial charge in [0.25, 0.3) is 0 Å². The summed E-state index contributed by atoms with van der Waals surface area (Å²) in [5.41, 5.74) is 0. The Morgan fingerprint density at radius 1 is 1.38 bits per heavy atom. The van der Waals surface area contributed by atoms with Crippen LogP contribution in [-0.4, -0.2) is 18.1 Å². The number of hydrogen-bond acceptors (Lipinski definition) is 2. The molecule has 0 spiro atoms. The minimum Gasteiger partial charge on any atom is -0.356 e. The first-order chi connectivity index (χ1) is 6.36. The van der Waals surface area contributed by atoms with Gasteiger partial charge in [-0.1, -0.05) is 0 Å². The molecule has 13 heavy (non-hydrogen) atoms. The third-order valence-electron chi connectivity index (χ3n) is 2.22. The Balaban J connectivity index is 2.10. The van der Waals surface area contributed by atoms with Crippen molar-refractivity contribution in [3.05, 3.63) is 30.6 Å². The van der Waals surface area contributed by atoms with E-state index in [0.717, 1.165) is 18.9 Å². The molecule has 1 radical (unpaired) electrons. The highest BCUT2D eigenvalue weighted by Crippen LogP contribution is 2.16. The van der Waals surface area contributed by atoms with Gasteiger partial charge in [0.15, 0.2) is 0 Å². The molecule has 69 valence electrons. The molecule has 1 fully saturated rings. The summed E-state index contributed by atoms with van der Waals surface area (Å²) in [4.78, 5) is 6.19. The monoisotopic (exact) mass is 179 g/mol. The number of piperidine rings is 1. The molecule has 3 heteroatoms. The van der Waals surface area contributed by atoms with Crippen molar-refractivity contribution in [1.82, 2.24) is 4.98 Å². The number of anilines is 1.